The average Bonchev–Trinajstić information content (AvgIpc) is 2.85. The van der Waals surface area contributed by atoms with Gasteiger partial charge in [-0.25, -0.2) is 8.42 Å². The molecule has 3 aromatic rings. The Kier molecular flexibility index (Phi) is 6.99. The van der Waals surface area contributed by atoms with Gasteiger partial charge in [0.15, 0.2) is 0 Å². The van der Waals surface area contributed by atoms with Crippen molar-refractivity contribution in [2.75, 3.05) is 35.8 Å². The molecule has 1 aliphatic heterocycles. The fraction of sp³-hybridized carbons (Fsp3) is 0.269. The van der Waals surface area contributed by atoms with Crippen LogP contribution in [-0.4, -0.2) is 45.4 Å². The quantitative estimate of drug-likeness (QED) is 0.512. The number of carbonyl (C=O) groups is 1. The summed E-state index contributed by atoms with van der Waals surface area (Å²) in [5.41, 5.74) is 1.88. The van der Waals surface area contributed by atoms with E-state index in [4.69, 9.17) is 0 Å². The molecule has 190 valence electrons. The summed E-state index contributed by atoms with van der Waals surface area (Å²) in [6.07, 6.45) is -4.43. The first-order chi connectivity index (χ1) is 16.9. The third-order valence-corrected chi connectivity index (χ3v) is 7.66. The first kappa shape index (κ1) is 25.6. The number of benzene rings is 3. The maximum atomic E-state index is 13.2. The van der Waals surface area contributed by atoms with Crippen LogP contribution in [0.3, 0.4) is 0 Å². The Balaban J connectivity index is 1.47. The third-order valence-electron chi connectivity index (χ3n) is 6.13. The molecule has 0 atom stereocenters. The van der Waals surface area contributed by atoms with Crippen LogP contribution in [0.5, 0.6) is 0 Å². The van der Waals surface area contributed by atoms with Crippen molar-refractivity contribution in [3.63, 3.8) is 0 Å². The predicted octanol–water partition coefficient (Wildman–Crippen LogP) is 5.09. The molecule has 3 aromatic carbocycles. The lowest BCUT2D eigenvalue weighted by Crippen LogP contribution is -2.48. The number of sulfonamides is 1. The van der Waals surface area contributed by atoms with Gasteiger partial charge in [0.1, 0.15) is 0 Å². The summed E-state index contributed by atoms with van der Waals surface area (Å²) in [6.45, 7) is 4.88. The summed E-state index contributed by atoms with van der Waals surface area (Å²) in [5, 5.41) is 0. The van der Waals surface area contributed by atoms with Crippen molar-refractivity contribution < 1.29 is 26.4 Å². The van der Waals surface area contributed by atoms with E-state index in [1.54, 1.807) is 59.2 Å². The van der Waals surface area contributed by atoms with Crippen molar-refractivity contribution in [1.29, 1.82) is 0 Å². The van der Waals surface area contributed by atoms with E-state index in [1.807, 2.05) is 6.92 Å². The van der Waals surface area contributed by atoms with Crippen LogP contribution in [-0.2, 0) is 16.2 Å². The van der Waals surface area contributed by atoms with Crippen LogP contribution < -0.4 is 9.62 Å². The summed E-state index contributed by atoms with van der Waals surface area (Å²) in [5.74, 6) is -0.328. The molecule has 10 heteroatoms. The van der Waals surface area contributed by atoms with E-state index in [1.165, 1.54) is 12.1 Å². The monoisotopic (exact) mass is 517 g/mol. The Labute approximate surface area is 208 Å². The van der Waals surface area contributed by atoms with Gasteiger partial charge in [-0.1, -0.05) is 29.8 Å². The molecule has 1 N–H and O–H groups in total. The number of rotatable bonds is 5. The minimum Gasteiger partial charge on any atom is -0.368 e. The number of nitrogens with one attached hydrogen (secondary N) is 1. The molecule has 1 amide bonds. The molecule has 0 saturated carbocycles. The molecule has 0 aliphatic carbocycles. The van der Waals surface area contributed by atoms with E-state index in [9.17, 15) is 26.4 Å². The normalized spacial score (nSPS) is 14.6. The predicted molar refractivity (Wildman–Crippen MR) is 133 cm³/mol. The fourth-order valence-electron chi connectivity index (χ4n) is 4.08. The summed E-state index contributed by atoms with van der Waals surface area (Å²) in [6, 6.07) is 16.6. The van der Waals surface area contributed by atoms with E-state index < -0.39 is 21.8 Å². The van der Waals surface area contributed by atoms with Gasteiger partial charge in [0.25, 0.3) is 15.9 Å². The number of carbonyl (C=O) groups excluding carboxylic acids is 1. The second kappa shape index (κ2) is 9.85. The van der Waals surface area contributed by atoms with Gasteiger partial charge < -0.3 is 9.80 Å². The zero-order valence-electron chi connectivity index (χ0n) is 19.8. The molecule has 0 radical (unpaired) electrons. The molecule has 1 saturated heterocycles. The number of aryl methyl sites for hydroxylation is 2. The number of anilines is 2. The van der Waals surface area contributed by atoms with Gasteiger partial charge >= 0.3 is 6.18 Å². The molecule has 4 rings (SSSR count). The Morgan fingerprint density at radius 3 is 2.19 bits per heavy atom. The lowest BCUT2D eigenvalue weighted by atomic mass is 10.1. The topological polar surface area (TPSA) is 69.7 Å². The molecule has 0 bridgehead atoms. The van der Waals surface area contributed by atoms with Crippen LogP contribution in [0.25, 0.3) is 0 Å². The van der Waals surface area contributed by atoms with Gasteiger partial charge in [-0.2, -0.15) is 13.2 Å². The Hall–Kier alpha value is -3.53. The van der Waals surface area contributed by atoms with Crippen molar-refractivity contribution >= 4 is 27.3 Å². The van der Waals surface area contributed by atoms with Crippen molar-refractivity contribution in [1.82, 2.24) is 4.90 Å². The van der Waals surface area contributed by atoms with Gasteiger partial charge in [-0.05, 0) is 61.9 Å². The summed E-state index contributed by atoms with van der Waals surface area (Å²) in [7, 11) is -3.93. The second-order valence-electron chi connectivity index (χ2n) is 8.78. The molecule has 1 aliphatic rings. The summed E-state index contributed by atoms with van der Waals surface area (Å²) >= 11 is 0. The van der Waals surface area contributed by atoms with Crippen LogP contribution >= 0.6 is 0 Å². The standard InChI is InChI=1S/C26H26F3N3O3S/c1-18-6-10-22(11-7-18)30-36(34,35)24-16-20(9-8-19(24)2)25(33)32-14-12-31(13-15-32)23-5-3-4-21(17-23)26(27,28)29/h3-11,16-17,30H,12-15H2,1-2H3. The molecular formula is C26H26F3N3O3S. The molecule has 0 spiro atoms. The molecule has 1 fully saturated rings. The zero-order chi connectivity index (χ0) is 26.1. The lowest BCUT2D eigenvalue weighted by Gasteiger charge is -2.36. The van der Waals surface area contributed by atoms with E-state index in [0.29, 0.717) is 43.1 Å². The van der Waals surface area contributed by atoms with Gasteiger partial charge in [0.05, 0.1) is 10.5 Å². The molecule has 0 unspecified atom stereocenters. The number of hydrogen-bond donors (Lipinski definition) is 1. The van der Waals surface area contributed by atoms with Gasteiger partial charge in [-0.3, -0.25) is 9.52 Å². The highest BCUT2D eigenvalue weighted by Gasteiger charge is 2.31. The highest BCUT2D eigenvalue weighted by atomic mass is 32.2. The summed E-state index contributed by atoms with van der Waals surface area (Å²) < 4.78 is 67.8. The largest absolute Gasteiger partial charge is 0.416 e. The van der Waals surface area contributed by atoms with Crippen LogP contribution in [0.2, 0.25) is 0 Å². The van der Waals surface area contributed by atoms with Gasteiger partial charge in [0.2, 0.25) is 0 Å². The summed E-state index contributed by atoms with van der Waals surface area (Å²) in [4.78, 5) is 16.6. The van der Waals surface area contributed by atoms with Crippen molar-refractivity contribution in [2.24, 2.45) is 0 Å². The number of hydrogen-bond acceptors (Lipinski definition) is 4. The Morgan fingerprint density at radius 2 is 1.56 bits per heavy atom. The first-order valence-corrected chi connectivity index (χ1v) is 12.8. The molecule has 0 aromatic heterocycles. The van der Waals surface area contributed by atoms with Gasteiger partial charge in [0, 0.05) is 43.1 Å². The van der Waals surface area contributed by atoms with Crippen LogP contribution in [0.15, 0.2) is 71.6 Å². The van der Waals surface area contributed by atoms with E-state index >= 15 is 0 Å². The first-order valence-electron chi connectivity index (χ1n) is 11.4. The Morgan fingerprint density at radius 1 is 0.889 bits per heavy atom. The highest BCUT2D eigenvalue weighted by molar-refractivity contribution is 7.92. The van der Waals surface area contributed by atoms with Gasteiger partial charge in [-0.15, -0.1) is 0 Å². The smallest absolute Gasteiger partial charge is 0.368 e. The minimum absolute atomic E-state index is 0.0107. The van der Waals surface area contributed by atoms with E-state index in [-0.39, 0.29) is 16.4 Å². The Bertz CT molecular complexity index is 1370. The molecule has 6 nitrogen and oxygen atoms in total. The molecular weight excluding hydrogens is 491 g/mol. The van der Waals surface area contributed by atoms with Crippen molar-refractivity contribution in [3.05, 3.63) is 89.0 Å². The van der Waals surface area contributed by atoms with Crippen LogP contribution in [0.1, 0.15) is 27.0 Å². The van der Waals surface area contributed by atoms with Crippen LogP contribution in [0.4, 0.5) is 24.5 Å². The van der Waals surface area contributed by atoms with Crippen LogP contribution in [0, 0.1) is 13.8 Å². The maximum absolute atomic E-state index is 13.2. The zero-order valence-corrected chi connectivity index (χ0v) is 20.7. The molecule has 1 heterocycles. The second-order valence-corrected chi connectivity index (χ2v) is 10.4. The SMILES string of the molecule is Cc1ccc(NS(=O)(=O)c2cc(C(=O)N3CCN(c4cccc(C(F)(F)F)c4)CC3)ccc2C)cc1. The van der Waals surface area contributed by atoms with E-state index in [2.05, 4.69) is 4.72 Å². The van der Waals surface area contributed by atoms with E-state index in [0.717, 1.165) is 17.7 Å². The fourth-order valence-corrected chi connectivity index (χ4v) is 5.41. The lowest BCUT2D eigenvalue weighted by molar-refractivity contribution is -0.137. The number of alkyl halides is 3. The average molecular weight is 518 g/mol. The highest BCUT2D eigenvalue weighted by Crippen LogP contribution is 2.32. The number of piperazine rings is 1. The third kappa shape index (κ3) is 5.64. The minimum atomic E-state index is -4.43. The molecule has 36 heavy (non-hydrogen) atoms. The van der Waals surface area contributed by atoms with Crippen molar-refractivity contribution in [2.45, 2.75) is 24.9 Å². The number of nitrogens with zero attached hydrogens (tertiary/aromatic N) is 2. The van der Waals surface area contributed by atoms with Crippen molar-refractivity contribution in [3.8, 4) is 0 Å². The number of amides is 1. The maximum Gasteiger partial charge on any atom is 0.416 e. The number of halogens is 3.